The molecule has 1 unspecified atom stereocenters. The molecule has 1 aromatic carbocycles. The van der Waals surface area contributed by atoms with Gasteiger partial charge in [-0.1, -0.05) is 19.1 Å². The van der Waals surface area contributed by atoms with E-state index in [0.29, 0.717) is 12.5 Å². The second-order valence-electron chi connectivity index (χ2n) is 6.22. The van der Waals surface area contributed by atoms with Gasteiger partial charge in [0, 0.05) is 26.7 Å². The van der Waals surface area contributed by atoms with Crippen LogP contribution in [0.2, 0.25) is 0 Å². The molecule has 2 rings (SSSR count). The molecule has 1 amide bonds. The van der Waals surface area contributed by atoms with Crippen LogP contribution in [0.1, 0.15) is 25.3 Å². The summed E-state index contributed by atoms with van der Waals surface area (Å²) in [7, 11) is 3.40. The Morgan fingerprint density at radius 2 is 2.04 bits per heavy atom. The first kappa shape index (κ1) is 21.5. The fourth-order valence-corrected chi connectivity index (χ4v) is 2.88. The van der Waals surface area contributed by atoms with E-state index in [1.54, 1.807) is 14.2 Å². The minimum Gasteiger partial charge on any atom is -0.497 e. The molecule has 1 aromatic rings. The van der Waals surface area contributed by atoms with Crippen LogP contribution in [-0.4, -0.2) is 50.6 Å². The minimum atomic E-state index is -0.0444. The third kappa shape index (κ3) is 7.09. The van der Waals surface area contributed by atoms with E-state index < -0.39 is 0 Å². The summed E-state index contributed by atoms with van der Waals surface area (Å²) in [5, 5.41) is 6.07. The Bertz CT molecular complexity index is 563. The summed E-state index contributed by atoms with van der Waals surface area (Å²) >= 11 is 0. The number of piperidine rings is 1. The van der Waals surface area contributed by atoms with Crippen LogP contribution in [0.15, 0.2) is 29.3 Å². The summed E-state index contributed by atoms with van der Waals surface area (Å²) in [6.07, 6.45) is 2.43. The summed E-state index contributed by atoms with van der Waals surface area (Å²) in [6, 6.07) is 7.67. The third-order valence-electron chi connectivity index (χ3n) is 4.22. The molecular weight excluding hydrogens is 431 g/mol. The number of hydrogen-bond acceptors (Lipinski definition) is 3. The van der Waals surface area contributed by atoms with Crippen molar-refractivity contribution < 1.29 is 9.53 Å². The zero-order chi connectivity index (χ0) is 17.4. The van der Waals surface area contributed by atoms with Gasteiger partial charge in [-0.05, 0) is 36.5 Å². The SMILES string of the molecule is CN=C(NCC(=O)NCc1ccc(OC)cc1)N1CCCC(C)C1.I. The first-order valence-electron chi connectivity index (χ1n) is 8.47. The van der Waals surface area contributed by atoms with Gasteiger partial charge in [0.1, 0.15) is 5.75 Å². The van der Waals surface area contributed by atoms with Crippen LogP contribution in [0.4, 0.5) is 0 Å². The van der Waals surface area contributed by atoms with E-state index in [4.69, 9.17) is 4.74 Å². The lowest BCUT2D eigenvalue weighted by Crippen LogP contribution is -2.48. The second-order valence-corrected chi connectivity index (χ2v) is 6.22. The quantitative estimate of drug-likeness (QED) is 0.402. The van der Waals surface area contributed by atoms with Gasteiger partial charge in [-0.3, -0.25) is 9.79 Å². The van der Waals surface area contributed by atoms with Gasteiger partial charge in [0.2, 0.25) is 5.91 Å². The van der Waals surface area contributed by atoms with Crippen molar-refractivity contribution in [1.29, 1.82) is 0 Å². The Morgan fingerprint density at radius 1 is 1.32 bits per heavy atom. The van der Waals surface area contributed by atoms with Crippen molar-refractivity contribution in [2.45, 2.75) is 26.3 Å². The van der Waals surface area contributed by atoms with Crippen LogP contribution in [-0.2, 0) is 11.3 Å². The van der Waals surface area contributed by atoms with Gasteiger partial charge in [-0.25, -0.2) is 0 Å². The predicted molar refractivity (Wildman–Crippen MR) is 112 cm³/mol. The molecule has 1 saturated heterocycles. The Balaban J connectivity index is 0.00000312. The molecule has 1 fully saturated rings. The number of ether oxygens (including phenoxy) is 1. The molecule has 0 spiro atoms. The summed E-state index contributed by atoms with van der Waals surface area (Å²) in [4.78, 5) is 18.6. The van der Waals surface area contributed by atoms with Gasteiger partial charge in [0.25, 0.3) is 0 Å². The van der Waals surface area contributed by atoms with E-state index in [1.807, 2.05) is 24.3 Å². The maximum atomic E-state index is 12.0. The van der Waals surface area contributed by atoms with Crippen LogP contribution in [0.3, 0.4) is 0 Å². The van der Waals surface area contributed by atoms with E-state index in [9.17, 15) is 4.79 Å². The molecule has 1 heterocycles. The first-order chi connectivity index (χ1) is 11.6. The van der Waals surface area contributed by atoms with Gasteiger partial charge < -0.3 is 20.3 Å². The number of halogens is 1. The Morgan fingerprint density at radius 3 is 2.64 bits per heavy atom. The highest BCUT2D eigenvalue weighted by Crippen LogP contribution is 2.15. The normalized spacial score (nSPS) is 17.5. The van der Waals surface area contributed by atoms with Crippen LogP contribution >= 0.6 is 24.0 Å². The minimum absolute atomic E-state index is 0. The van der Waals surface area contributed by atoms with Crippen molar-refractivity contribution in [3.63, 3.8) is 0 Å². The Kier molecular flexibility index (Phi) is 9.62. The zero-order valence-corrected chi connectivity index (χ0v) is 17.6. The fraction of sp³-hybridized carbons (Fsp3) is 0.556. The molecule has 6 nitrogen and oxygen atoms in total. The molecule has 0 aliphatic carbocycles. The second kappa shape index (κ2) is 11.2. The monoisotopic (exact) mass is 460 g/mol. The number of nitrogens with zero attached hydrogens (tertiary/aromatic N) is 2. The van der Waals surface area contributed by atoms with Gasteiger partial charge in [0.05, 0.1) is 13.7 Å². The third-order valence-corrected chi connectivity index (χ3v) is 4.22. The average Bonchev–Trinajstić information content (AvgIpc) is 2.61. The van der Waals surface area contributed by atoms with E-state index in [2.05, 4.69) is 27.4 Å². The average molecular weight is 460 g/mol. The lowest BCUT2D eigenvalue weighted by Gasteiger charge is -2.33. The number of likely N-dealkylation sites (tertiary alicyclic amines) is 1. The number of carbonyl (C=O) groups excluding carboxylic acids is 1. The maximum Gasteiger partial charge on any atom is 0.239 e. The molecule has 1 aliphatic rings. The first-order valence-corrected chi connectivity index (χ1v) is 8.47. The number of hydrogen-bond donors (Lipinski definition) is 2. The fourth-order valence-electron chi connectivity index (χ4n) is 2.88. The number of carbonyl (C=O) groups is 1. The molecule has 0 aromatic heterocycles. The number of aliphatic imine (C=N–C) groups is 1. The van der Waals surface area contributed by atoms with Gasteiger partial charge in [-0.2, -0.15) is 0 Å². The van der Waals surface area contributed by atoms with E-state index in [1.165, 1.54) is 12.8 Å². The van der Waals surface area contributed by atoms with Crippen molar-refractivity contribution in [1.82, 2.24) is 15.5 Å². The number of nitrogens with one attached hydrogen (secondary N) is 2. The number of benzene rings is 1. The van der Waals surface area contributed by atoms with Crippen molar-refractivity contribution in [2.24, 2.45) is 10.9 Å². The van der Waals surface area contributed by atoms with Crippen LogP contribution in [0, 0.1) is 5.92 Å². The summed E-state index contributed by atoms with van der Waals surface area (Å²) in [6.45, 7) is 4.98. The number of guanidine groups is 1. The van der Waals surface area contributed by atoms with Crippen LogP contribution in [0.25, 0.3) is 0 Å². The summed E-state index contributed by atoms with van der Waals surface area (Å²) in [5.41, 5.74) is 1.04. The summed E-state index contributed by atoms with van der Waals surface area (Å²) < 4.78 is 5.12. The van der Waals surface area contributed by atoms with E-state index in [-0.39, 0.29) is 36.4 Å². The predicted octanol–water partition coefficient (Wildman–Crippen LogP) is 2.24. The van der Waals surface area contributed by atoms with Gasteiger partial charge in [0.15, 0.2) is 5.96 Å². The van der Waals surface area contributed by atoms with Crippen molar-refractivity contribution in [2.75, 3.05) is 33.8 Å². The zero-order valence-electron chi connectivity index (χ0n) is 15.2. The maximum absolute atomic E-state index is 12.0. The summed E-state index contributed by atoms with van der Waals surface area (Å²) in [5.74, 6) is 2.24. The van der Waals surface area contributed by atoms with E-state index >= 15 is 0 Å². The van der Waals surface area contributed by atoms with Crippen molar-refractivity contribution in [3.8, 4) is 5.75 Å². The molecule has 25 heavy (non-hydrogen) atoms. The topological polar surface area (TPSA) is 66.0 Å². The Hall–Kier alpha value is -1.51. The van der Waals surface area contributed by atoms with E-state index in [0.717, 1.165) is 30.4 Å². The number of rotatable bonds is 5. The molecule has 0 saturated carbocycles. The van der Waals surface area contributed by atoms with Gasteiger partial charge in [-0.15, -0.1) is 24.0 Å². The molecule has 1 aliphatic heterocycles. The smallest absolute Gasteiger partial charge is 0.239 e. The molecule has 2 N–H and O–H groups in total. The molecular formula is C18H29IN4O2. The highest BCUT2D eigenvalue weighted by atomic mass is 127. The Labute approximate surface area is 167 Å². The van der Waals surface area contributed by atoms with Crippen molar-refractivity contribution >= 4 is 35.8 Å². The van der Waals surface area contributed by atoms with Crippen molar-refractivity contribution in [3.05, 3.63) is 29.8 Å². The lowest BCUT2D eigenvalue weighted by atomic mass is 10.0. The number of methoxy groups -OCH3 is 1. The number of amides is 1. The molecule has 140 valence electrons. The highest BCUT2D eigenvalue weighted by molar-refractivity contribution is 14.0. The molecule has 0 bridgehead atoms. The van der Waals surface area contributed by atoms with Crippen LogP contribution < -0.4 is 15.4 Å². The van der Waals surface area contributed by atoms with Crippen LogP contribution in [0.5, 0.6) is 5.75 Å². The largest absolute Gasteiger partial charge is 0.497 e. The molecule has 1 atom stereocenters. The standard InChI is InChI=1S/C18H28N4O2.HI/c1-14-5-4-10-22(13-14)18(19-2)21-12-17(23)20-11-15-6-8-16(24-3)9-7-15;/h6-9,14H,4-5,10-13H2,1-3H3,(H,19,21)(H,20,23);1H. The van der Waals surface area contributed by atoms with Gasteiger partial charge >= 0.3 is 0 Å². The lowest BCUT2D eigenvalue weighted by molar-refractivity contribution is -0.120. The molecule has 0 radical (unpaired) electrons. The molecule has 7 heteroatoms. The highest BCUT2D eigenvalue weighted by Gasteiger charge is 2.19.